The smallest absolute Gasteiger partial charge is 0.341 e. The summed E-state index contributed by atoms with van der Waals surface area (Å²) >= 11 is 20.3. The summed E-state index contributed by atoms with van der Waals surface area (Å²) in [6.45, 7) is 26.1. The number of thiophene rings is 3. The van der Waals surface area contributed by atoms with Crippen molar-refractivity contribution in [3.05, 3.63) is 48.0 Å². The number of rotatable bonds is 15. The van der Waals surface area contributed by atoms with Gasteiger partial charge in [0.2, 0.25) is 17.1 Å². The molecule has 21 heteroatoms. The summed E-state index contributed by atoms with van der Waals surface area (Å²) in [5.74, 6) is -1.23. The standard InChI is InChI=1S/C19H28N2O3S.C14H18ClNO3S.C11H15NO2S.C6H15N.C5H11N.C3H4Cl2O/c1-3-24-19(23)16-14-9-5-6-10-15(14)25-18(16)20-17(22)13(2)21-11-7-4-8-12-21;1-3-19-14(18)11-9-6-4-5-7-10(9)20-13(11)16-12(17)8(2)15;1-2-14-11(13)9-7-5-3-4-6-8(7)15-10(9)12;1-4-7(5-2)6-3;1-2-4-6-5-3-1;1-2(4)3(5)6/h13H,3-12H2,1-2H3,(H,20,22);8H,3-7H2,1-2H3,(H,16,17);2-6,12H2,1H3;4-6H2,1-3H3;6H,1-5H2;2H,1H3. The number of aryl methyl sites for hydroxylation is 3. The van der Waals surface area contributed by atoms with Crippen LogP contribution in [0.2, 0.25) is 0 Å². The van der Waals surface area contributed by atoms with Gasteiger partial charge in [-0.25, -0.2) is 14.4 Å². The minimum Gasteiger partial charge on any atom is -0.462 e. The normalized spacial score (nSPS) is 16.5. The summed E-state index contributed by atoms with van der Waals surface area (Å²) in [6, 6.07) is -0.172. The Kier molecular flexibility index (Phi) is 34.0. The third kappa shape index (κ3) is 23.1. The third-order valence-corrected chi connectivity index (χ3v) is 18.4. The van der Waals surface area contributed by atoms with E-state index in [9.17, 15) is 28.8 Å². The van der Waals surface area contributed by atoms with Gasteiger partial charge in [0.15, 0.2) is 0 Å². The Bertz CT molecular complexity index is 2340. The fourth-order valence-electron chi connectivity index (χ4n) is 9.53. The van der Waals surface area contributed by atoms with E-state index >= 15 is 0 Å². The van der Waals surface area contributed by atoms with Gasteiger partial charge in [0.25, 0.3) is 0 Å². The lowest BCUT2D eigenvalue weighted by atomic mass is 9.95. The molecule has 3 aromatic rings. The molecule has 79 heavy (non-hydrogen) atoms. The highest BCUT2D eigenvalue weighted by Crippen LogP contribution is 2.41. The second kappa shape index (κ2) is 38.4. The van der Waals surface area contributed by atoms with Crippen molar-refractivity contribution in [2.45, 2.75) is 195 Å². The van der Waals surface area contributed by atoms with Crippen molar-refractivity contribution in [3.8, 4) is 0 Å². The topological polar surface area (TPSA) is 199 Å². The summed E-state index contributed by atoms with van der Waals surface area (Å²) in [5, 5.41) is 9.27. The Balaban J connectivity index is 0.000000271. The van der Waals surface area contributed by atoms with Crippen LogP contribution in [0.15, 0.2) is 0 Å². The van der Waals surface area contributed by atoms with E-state index in [1.165, 1.54) is 97.7 Å². The van der Waals surface area contributed by atoms with Crippen molar-refractivity contribution in [1.82, 2.24) is 15.1 Å². The molecular formula is C58H91Cl3N6O9S3. The van der Waals surface area contributed by atoms with Gasteiger partial charge < -0.3 is 40.8 Å². The van der Waals surface area contributed by atoms with E-state index in [0.717, 1.165) is 113 Å². The highest BCUT2D eigenvalue weighted by molar-refractivity contribution is 7.17. The molecule has 5 N–H and O–H groups in total. The van der Waals surface area contributed by atoms with Crippen molar-refractivity contribution in [1.29, 1.82) is 0 Å². The first-order chi connectivity index (χ1) is 37.9. The van der Waals surface area contributed by atoms with Crippen LogP contribution in [-0.2, 0) is 67.1 Å². The van der Waals surface area contributed by atoms with Crippen molar-refractivity contribution in [2.75, 3.05) is 82.0 Å². The molecule has 3 atom stereocenters. The minimum atomic E-state index is -0.635. The molecule has 5 heterocycles. The van der Waals surface area contributed by atoms with Crippen LogP contribution >= 0.6 is 68.8 Å². The first-order valence-corrected chi connectivity index (χ1v) is 32.6. The second-order valence-corrected chi connectivity index (χ2v) is 24.7. The lowest BCUT2D eigenvalue weighted by Gasteiger charge is -2.31. The molecule has 3 unspecified atom stereocenters. The van der Waals surface area contributed by atoms with Gasteiger partial charge in [-0.2, -0.15) is 0 Å². The maximum atomic E-state index is 12.8. The first kappa shape index (κ1) is 69.9. The summed E-state index contributed by atoms with van der Waals surface area (Å²) in [7, 11) is 0. The molecule has 3 aliphatic carbocycles. The first-order valence-electron chi connectivity index (χ1n) is 28.9. The summed E-state index contributed by atoms with van der Waals surface area (Å²) in [6.07, 6.45) is 20.3. The molecule has 0 radical (unpaired) electrons. The predicted molar refractivity (Wildman–Crippen MR) is 329 cm³/mol. The molecule has 8 rings (SSSR count). The zero-order valence-corrected chi connectivity index (χ0v) is 53.3. The van der Waals surface area contributed by atoms with Crippen LogP contribution in [0.5, 0.6) is 0 Å². The molecule has 15 nitrogen and oxygen atoms in total. The van der Waals surface area contributed by atoms with Crippen LogP contribution < -0.4 is 21.7 Å². The molecule has 5 aliphatic rings. The monoisotopic (exact) mass is 1220 g/mol. The Labute approximate surface area is 498 Å². The number of fused-ring (bicyclic) bond motifs is 3. The van der Waals surface area contributed by atoms with Gasteiger partial charge in [0.05, 0.1) is 42.6 Å². The Morgan fingerprint density at radius 1 is 0.544 bits per heavy atom. The number of nitrogens with one attached hydrogen (secondary N) is 3. The highest BCUT2D eigenvalue weighted by atomic mass is 35.5. The molecular weight excluding hydrogens is 1130 g/mol. The number of hydrogen-bond acceptors (Lipinski definition) is 16. The number of alkyl halides is 2. The van der Waals surface area contributed by atoms with E-state index in [0.29, 0.717) is 51.5 Å². The summed E-state index contributed by atoms with van der Waals surface area (Å²) < 4.78 is 15.4. The summed E-state index contributed by atoms with van der Waals surface area (Å²) in [4.78, 5) is 78.9. The Hall–Kier alpha value is -3.33. The van der Waals surface area contributed by atoms with Gasteiger partial charge in [-0.15, -0.1) is 57.2 Å². The largest absolute Gasteiger partial charge is 0.462 e. The Morgan fingerprint density at radius 3 is 1.25 bits per heavy atom. The third-order valence-electron chi connectivity index (χ3n) is 14.0. The maximum Gasteiger partial charge on any atom is 0.341 e. The number of carbonyl (C=O) groups excluding carboxylic acids is 6. The SMILES string of the molecule is C1CCNCC1.CC(Cl)C(=O)Cl.CCN(CC)CC.CCOC(=O)c1c(N)sc2c1CCCC2.CCOC(=O)c1c(NC(=O)C(C)Cl)sc2c1CCCC2.CCOC(=O)c1c(NC(=O)C(C)N2CCCCC2)sc2c1CCCC2. The molecule has 2 fully saturated rings. The number of halogens is 3. The fraction of sp³-hybridized carbons (Fsp3) is 0.690. The molecule has 0 bridgehead atoms. The van der Waals surface area contributed by atoms with Gasteiger partial charge in [0, 0.05) is 14.6 Å². The van der Waals surface area contributed by atoms with Crippen LogP contribution in [0.4, 0.5) is 15.0 Å². The lowest BCUT2D eigenvalue weighted by molar-refractivity contribution is -0.121. The van der Waals surface area contributed by atoms with E-state index in [1.807, 2.05) is 20.8 Å². The van der Waals surface area contributed by atoms with E-state index < -0.39 is 16.0 Å². The zero-order valence-electron chi connectivity index (χ0n) is 48.5. The van der Waals surface area contributed by atoms with Gasteiger partial charge in [-0.1, -0.05) is 33.6 Å². The number of nitrogen functional groups attached to an aromatic ring is 1. The van der Waals surface area contributed by atoms with E-state index in [4.69, 9.17) is 54.7 Å². The molecule has 0 aromatic carbocycles. The maximum absolute atomic E-state index is 12.8. The minimum absolute atomic E-state index is 0.0222. The van der Waals surface area contributed by atoms with Crippen molar-refractivity contribution >= 4 is 119 Å². The number of likely N-dealkylation sites (tertiary alicyclic amines) is 1. The quantitative estimate of drug-likeness (QED) is 0.0486. The van der Waals surface area contributed by atoms with E-state index in [-0.39, 0.29) is 35.8 Å². The number of esters is 3. The fourth-order valence-corrected chi connectivity index (χ4v) is 13.3. The second-order valence-electron chi connectivity index (χ2n) is 19.7. The van der Waals surface area contributed by atoms with E-state index in [2.05, 4.69) is 46.5 Å². The molecule has 2 aliphatic heterocycles. The van der Waals surface area contributed by atoms with Crippen molar-refractivity contribution < 1.29 is 43.0 Å². The number of amides is 2. The van der Waals surface area contributed by atoms with Crippen LogP contribution in [0.1, 0.15) is 202 Å². The number of carbonyl (C=O) groups is 6. The molecule has 0 spiro atoms. The summed E-state index contributed by atoms with van der Waals surface area (Å²) in [5.41, 5.74) is 10.9. The predicted octanol–water partition coefficient (Wildman–Crippen LogP) is 12.9. The number of hydrogen-bond donors (Lipinski definition) is 4. The molecule has 446 valence electrons. The van der Waals surface area contributed by atoms with Crippen LogP contribution in [0.3, 0.4) is 0 Å². The number of ether oxygens (including phenoxy) is 3. The van der Waals surface area contributed by atoms with Gasteiger partial charge in [0.1, 0.15) is 25.8 Å². The number of nitrogens with zero attached hydrogens (tertiary/aromatic N) is 2. The number of anilines is 3. The average molecular weight is 1220 g/mol. The van der Waals surface area contributed by atoms with Gasteiger partial charge >= 0.3 is 17.9 Å². The van der Waals surface area contributed by atoms with Crippen molar-refractivity contribution in [3.63, 3.8) is 0 Å². The van der Waals surface area contributed by atoms with Crippen molar-refractivity contribution in [2.24, 2.45) is 0 Å². The molecule has 2 saturated heterocycles. The number of nitrogens with two attached hydrogens (primary N) is 1. The van der Waals surface area contributed by atoms with Gasteiger partial charge in [-0.3, -0.25) is 19.3 Å². The zero-order chi connectivity index (χ0) is 58.4. The van der Waals surface area contributed by atoms with Gasteiger partial charge in [-0.05, 0) is 218 Å². The molecule has 3 aromatic heterocycles. The number of piperidine rings is 2. The lowest BCUT2D eigenvalue weighted by Crippen LogP contribution is -2.44. The average Bonchev–Trinajstić information content (AvgIpc) is 4.29. The van der Waals surface area contributed by atoms with Crippen LogP contribution in [0.25, 0.3) is 0 Å². The van der Waals surface area contributed by atoms with E-state index in [1.54, 1.807) is 36.5 Å². The van der Waals surface area contributed by atoms with Crippen LogP contribution in [-0.4, -0.2) is 127 Å². The highest BCUT2D eigenvalue weighted by Gasteiger charge is 2.31. The van der Waals surface area contributed by atoms with Crippen LogP contribution in [0, 0.1) is 0 Å². The Morgan fingerprint density at radius 2 is 0.911 bits per heavy atom. The molecule has 2 amide bonds. The molecule has 0 saturated carbocycles.